The van der Waals surface area contributed by atoms with Crippen molar-refractivity contribution < 1.29 is 9.84 Å². The lowest BCUT2D eigenvalue weighted by Crippen LogP contribution is -2.56. The quantitative estimate of drug-likeness (QED) is 0.806. The monoisotopic (exact) mass is 270 g/mol. The molecule has 19 heavy (non-hydrogen) atoms. The van der Waals surface area contributed by atoms with E-state index in [1.165, 1.54) is 25.7 Å². The van der Waals surface area contributed by atoms with Crippen LogP contribution in [-0.4, -0.2) is 54.5 Å². The Balaban J connectivity index is 2.03. The molecule has 1 aliphatic heterocycles. The second kappa shape index (κ2) is 7.02. The maximum absolute atomic E-state index is 9.37. The highest BCUT2D eigenvalue weighted by molar-refractivity contribution is 4.90. The van der Waals surface area contributed by atoms with E-state index in [4.69, 9.17) is 10.5 Å². The molecule has 4 nitrogen and oxygen atoms in total. The molecule has 0 bridgehead atoms. The first-order chi connectivity index (χ1) is 9.17. The largest absolute Gasteiger partial charge is 0.394 e. The highest BCUT2D eigenvalue weighted by Crippen LogP contribution is 2.34. The first kappa shape index (κ1) is 15.2. The second-order valence-corrected chi connectivity index (χ2v) is 6.36. The Morgan fingerprint density at radius 1 is 1.32 bits per heavy atom. The van der Waals surface area contributed by atoms with Crippen LogP contribution in [0, 0.1) is 11.8 Å². The fourth-order valence-corrected chi connectivity index (χ4v) is 3.84. The lowest BCUT2D eigenvalue weighted by Gasteiger charge is -2.46. The summed E-state index contributed by atoms with van der Waals surface area (Å²) >= 11 is 0. The number of nitrogens with two attached hydrogens (primary N) is 1. The van der Waals surface area contributed by atoms with Gasteiger partial charge < -0.3 is 15.6 Å². The summed E-state index contributed by atoms with van der Waals surface area (Å²) in [6.45, 7) is 7.15. The highest BCUT2D eigenvalue weighted by Gasteiger charge is 2.36. The van der Waals surface area contributed by atoms with Crippen molar-refractivity contribution >= 4 is 0 Å². The van der Waals surface area contributed by atoms with Crippen molar-refractivity contribution in [3.8, 4) is 0 Å². The van der Waals surface area contributed by atoms with Crippen LogP contribution < -0.4 is 5.73 Å². The van der Waals surface area contributed by atoms with Gasteiger partial charge in [0.25, 0.3) is 0 Å². The Kier molecular flexibility index (Phi) is 5.63. The van der Waals surface area contributed by atoms with Gasteiger partial charge in [0.2, 0.25) is 0 Å². The summed E-state index contributed by atoms with van der Waals surface area (Å²) in [6.07, 6.45) is 5.32. The molecule has 2 aliphatic rings. The molecule has 4 heteroatoms. The van der Waals surface area contributed by atoms with E-state index in [2.05, 4.69) is 18.7 Å². The van der Waals surface area contributed by atoms with Gasteiger partial charge >= 0.3 is 0 Å². The molecule has 112 valence electrons. The molecule has 1 aliphatic carbocycles. The molecule has 1 heterocycles. The Hall–Kier alpha value is -0.160. The highest BCUT2D eigenvalue weighted by atomic mass is 16.5. The van der Waals surface area contributed by atoms with Crippen LogP contribution in [0.2, 0.25) is 0 Å². The summed E-state index contributed by atoms with van der Waals surface area (Å²) in [5.74, 6) is 1.46. The van der Waals surface area contributed by atoms with Crippen molar-refractivity contribution in [1.29, 1.82) is 0 Å². The topological polar surface area (TPSA) is 58.7 Å². The zero-order valence-electron chi connectivity index (χ0n) is 12.4. The van der Waals surface area contributed by atoms with E-state index in [1.54, 1.807) is 0 Å². The van der Waals surface area contributed by atoms with Gasteiger partial charge in [0.05, 0.1) is 18.8 Å². The fourth-order valence-electron chi connectivity index (χ4n) is 3.84. The minimum Gasteiger partial charge on any atom is -0.394 e. The number of hydrogen-bond acceptors (Lipinski definition) is 4. The maximum Gasteiger partial charge on any atom is 0.0936 e. The van der Waals surface area contributed by atoms with Gasteiger partial charge in [-0.3, -0.25) is 4.90 Å². The van der Waals surface area contributed by atoms with Crippen LogP contribution >= 0.6 is 0 Å². The fraction of sp³-hybridized carbons (Fsp3) is 1.00. The molecule has 2 fully saturated rings. The standard InChI is InChI=1S/C15H30N2O2/c1-3-12-4-5-13(7-16)15(6-12)17-8-11(2)19-14(9-17)10-18/h11-15,18H,3-10,16H2,1-2H3. The van der Waals surface area contributed by atoms with E-state index in [-0.39, 0.29) is 18.8 Å². The molecule has 0 aromatic rings. The SMILES string of the molecule is CCC1CCC(CN)C(N2CC(C)OC(CO)C2)C1. The Morgan fingerprint density at radius 3 is 2.74 bits per heavy atom. The van der Waals surface area contributed by atoms with Crippen LogP contribution in [0.4, 0.5) is 0 Å². The summed E-state index contributed by atoms with van der Waals surface area (Å²) < 4.78 is 5.76. The molecule has 3 N–H and O–H groups in total. The number of ether oxygens (including phenoxy) is 1. The minimum absolute atomic E-state index is 0.0239. The van der Waals surface area contributed by atoms with E-state index >= 15 is 0 Å². The number of aliphatic hydroxyl groups is 1. The third-order valence-electron chi connectivity index (χ3n) is 4.97. The van der Waals surface area contributed by atoms with Gasteiger partial charge in [0.1, 0.15) is 0 Å². The van der Waals surface area contributed by atoms with Crippen molar-refractivity contribution in [1.82, 2.24) is 4.90 Å². The lowest BCUT2D eigenvalue weighted by molar-refractivity contribution is -0.116. The summed E-state index contributed by atoms with van der Waals surface area (Å²) in [4.78, 5) is 2.54. The van der Waals surface area contributed by atoms with Gasteiger partial charge in [-0.2, -0.15) is 0 Å². The van der Waals surface area contributed by atoms with Crippen molar-refractivity contribution in [3.63, 3.8) is 0 Å². The van der Waals surface area contributed by atoms with Gasteiger partial charge in [0, 0.05) is 19.1 Å². The van der Waals surface area contributed by atoms with Gasteiger partial charge in [-0.1, -0.05) is 19.8 Å². The number of morpholine rings is 1. The second-order valence-electron chi connectivity index (χ2n) is 6.36. The Labute approximate surface area is 117 Å². The molecule has 0 amide bonds. The van der Waals surface area contributed by atoms with Gasteiger partial charge in [-0.15, -0.1) is 0 Å². The average Bonchev–Trinajstić information content (AvgIpc) is 2.45. The lowest BCUT2D eigenvalue weighted by atomic mass is 9.76. The molecule has 1 saturated carbocycles. The van der Waals surface area contributed by atoms with Crippen LogP contribution in [0.3, 0.4) is 0 Å². The normalized spacial score (nSPS) is 41.4. The van der Waals surface area contributed by atoms with Crippen molar-refractivity contribution in [2.24, 2.45) is 17.6 Å². The first-order valence-electron chi connectivity index (χ1n) is 7.88. The third-order valence-corrected chi connectivity index (χ3v) is 4.97. The molecule has 0 radical (unpaired) electrons. The number of hydrogen-bond donors (Lipinski definition) is 2. The molecular weight excluding hydrogens is 240 g/mol. The van der Waals surface area contributed by atoms with Gasteiger partial charge in [-0.05, 0) is 38.1 Å². The third kappa shape index (κ3) is 3.69. The number of aliphatic hydroxyl groups excluding tert-OH is 1. The van der Waals surface area contributed by atoms with E-state index in [1.807, 2.05) is 0 Å². The van der Waals surface area contributed by atoms with Crippen molar-refractivity contribution in [2.45, 2.75) is 57.8 Å². The van der Waals surface area contributed by atoms with Gasteiger partial charge in [-0.25, -0.2) is 0 Å². The van der Waals surface area contributed by atoms with Gasteiger partial charge in [0.15, 0.2) is 0 Å². The number of rotatable bonds is 4. The number of nitrogens with zero attached hydrogens (tertiary/aromatic N) is 1. The van der Waals surface area contributed by atoms with E-state index in [0.29, 0.717) is 12.0 Å². The molecule has 0 spiro atoms. The maximum atomic E-state index is 9.37. The summed E-state index contributed by atoms with van der Waals surface area (Å²) in [6, 6.07) is 0.587. The zero-order valence-corrected chi connectivity index (χ0v) is 12.4. The predicted molar refractivity (Wildman–Crippen MR) is 77.0 cm³/mol. The van der Waals surface area contributed by atoms with Crippen molar-refractivity contribution in [3.05, 3.63) is 0 Å². The summed E-state index contributed by atoms with van der Waals surface area (Å²) in [5, 5.41) is 9.37. The van der Waals surface area contributed by atoms with Crippen molar-refractivity contribution in [2.75, 3.05) is 26.2 Å². The predicted octanol–water partition coefficient (Wildman–Crippen LogP) is 1.22. The van der Waals surface area contributed by atoms with Crippen LogP contribution in [0.25, 0.3) is 0 Å². The molecule has 0 aromatic carbocycles. The smallest absolute Gasteiger partial charge is 0.0936 e. The Bertz CT molecular complexity index is 275. The van der Waals surface area contributed by atoms with Crippen LogP contribution in [0.5, 0.6) is 0 Å². The Morgan fingerprint density at radius 2 is 2.11 bits per heavy atom. The van der Waals surface area contributed by atoms with Crippen LogP contribution in [-0.2, 0) is 4.74 Å². The molecule has 5 unspecified atom stereocenters. The minimum atomic E-state index is -0.0239. The van der Waals surface area contributed by atoms with Crippen LogP contribution in [0.1, 0.15) is 39.5 Å². The van der Waals surface area contributed by atoms with E-state index in [9.17, 15) is 5.11 Å². The zero-order chi connectivity index (χ0) is 13.8. The molecule has 1 saturated heterocycles. The summed E-state index contributed by atoms with van der Waals surface area (Å²) in [7, 11) is 0. The summed E-state index contributed by atoms with van der Waals surface area (Å²) in [5.41, 5.74) is 5.98. The molecule has 0 aromatic heterocycles. The average molecular weight is 270 g/mol. The first-order valence-corrected chi connectivity index (χ1v) is 7.88. The van der Waals surface area contributed by atoms with E-state index in [0.717, 1.165) is 25.6 Å². The van der Waals surface area contributed by atoms with Crippen LogP contribution in [0.15, 0.2) is 0 Å². The molecule has 5 atom stereocenters. The molecular formula is C15H30N2O2. The van der Waals surface area contributed by atoms with E-state index < -0.39 is 0 Å². The molecule has 2 rings (SSSR count).